The number of carbonyl (C=O) groups excluding carboxylic acids is 2. The standard InChI is InChI=1S/C27H34N4O2S/c1-18(2)21-9-11-22(12-10-21)28-25(32)17-34-27-29-23-7-5-6-8-24(23)31(27)16-26(33)30-14-19(3)13-20(4)15-30/h5-12,18-20H,13-17H2,1-4H3,(H,28,32). The van der Waals surface area contributed by atoms with Gasteiger partial charge in [0.15, 0.2) is 5.16 Å². The summed E-state index contributed by atoms with van der Waals surface area (Å²) in [6.45, 7) is 10.5. The average Bonchev–Trinajstić information content (AvgIpc) is 3.14. The molecular weight excluding hydrogens is 444 g/mol. The van der Waals surface area contributed by atoms with Crippen LogP contribution >= 0.6 is 11.8 Å². The smallest absolute Gasteiger partial charge is 0.242 e. The topological polar surface area (TPSA) is 67.2 Å². The van der Waals surface area contributed by atoms with E-state index in [0.717, 1.165) is 36.2 Å². The molecule has 2 heterocycles. The first-order valence-corrected chi connectivity index (χ1v) is 13.0. The molecule has 1 aliphatic rings. The van der Waals surface area contributed by atoms with Gasteiger partial charge in [-0.05, 0) is 54.0 Å². The molecule has 0 saturated carbocycles. The summed E-state index contributed by atoms with van der Waals surface area (Å²) in [6.07, 6.45) is 1.16. The lowest BCUT2D eigenvalue weighted by Crippen LogP contribution is -2.44. The van der Waals surface area contributed by atoms with E-state index in [4.69, 9.17) is 4.98 Å². The molecule has 0 spiro atoms. The molecule has 2 unspecified atom stereocenters. The number of thioether (sulfide) groups is 1. The van der Waals surface area contributed by atoms with Crippen LogP contribution in [0.5, 0.6) is 0 Å². The summed E-state index contributed by atoms with van der Waals surface area (Å²) in [5.41, 5.74) is 3.78. The summed E-state index contributed by atoms with van der Waals surface area (Å²) in [7, 11) is 0. The average molecular weight is 479 g/mol. The lowest BCUT2D eigenvalue weighted by atomic mass is 9.92. The first-order chi connectivity index (χ1) is 16.3. The highest BCUT2D eigenvalue weighted by atomic mass is 32.2. The largest absolute Gasteiger partial charge is 0.341 e. The molecule has 0 radical (unpaired) electrons. The summed E-state index contributed by atoms with van der Waals surface area (Å²) in [5.74, 6) is 1.72. The quantitative estimate of drug-likeness (QED) is 0.462. The van der Waals surface area contributed by atoms with E-state index in [1.54, 1.807) is 0 Å². The third kappa shape index (κ3) is 5.81. The van der Waals surface area contributed by atoms with E-state index in [2.05, 4.69) is 33.0 Å². The van der Waals surface area contributed by atoms with Crippen molar-refractivity contribution in [2.45, 2.75) is 51.7 Å². The number of hydrogen-bond acceptors (Lipinski definition) is 4. The Kier molecular flexibility index (Phi) is 7.61. The number of piperidine rings is 1. The van der Waals surface area contributed by atoms with Gasteiger partial charge in [0.1, 0.15) is 6.54 Å². The van der Waals surface area contributed by atoms with Gasteiger partial charge in [-0.1, -0.05) is 63.7 Å². The Hall–Kier alpha value is -2.80. The number of nitrogens with one attached hydrogen (secondary N) is 1. The van der Waals surface area contributed by atoms with Crippen LogP contribution in [-0.2, 0) is 16.1 Å². The maximum Gasteiger partial charge on any atom is 0.242 e. The molecule has 0 aliphatic carbocycles. The minimum absolute atomic E-state index is 0.0918. The molecule has 7 heteroatoms. The predicted molar refractivity (Wildman–Crippen MR) is 139 cm³/mol. The van der Waals surface area contributed by atoms with E-state index in [0.29, 0.717) is 22.9 Å². The fourth-order valence-electron chi connectivity index (χ4n) is 4.70. The van der Waals surface area contributed by atoms with E-state index in [1.165, 1.54) is 17.3 Å². The Balaban J connectivity index is 1.45. The van der Waals surface area contributed by atoms with Gasteiger partial charge in [-0.3, -0.25) is 9.59 Å². The highest BCUT2D eigenvalue weighted by molar-refractivity contribution is 7.99. The van der Waals surface area contributed by atoms with Crippen LogP contribution in [-0.4, -0.2) is 45.1 Å². The molecule has 1 aromatic heterocycles. The van der Waals surface area contributed by atoms with Crippen LogP contribution < -0.4 is 5.32 Å². The number of anilines is 1. The number of nitrogens with zero attached hydrogens (tertiary/aromatic N) is 3. The van der Waals surface area contributed by atoms with Crippen molar-refractivity contribution in [3.05, 3.63) is 54.1 Å². The Morgan fingerprint density at radius 1 is 1.06 bits per heavy atom. The van der Waals surface area contributed by atoms with Crippen molar-refractivity contribution in [2.24, 2.45) is 11.8 Å². The number of likely N-dealkylation sites (tertiary alicyclic amines) is 1. The molecule has 1 saturated heterocycles. The van der Waals surface area contributed by atoms with E-state index < -0.39 is 0 Å². The Morgan fingerprint density at radius 3 is 2.41 bits per heavy atom. The van der Waals surface area contributed by atoms with Gasteiger partial charge in [-0.15, -0.1) is 0 Å². The van der Waals surface area contributed by atoms with Crippen molar-refractivity contribution >= 4 is 40.3 Å². The zero-order valence-electron chi connectivity index (χ0n) is 20.5. The van der Waals surface area contributed by atoms with Crippen LogP contribution in [0.3, 0.4) is 0 Å². The second kappa shape index (κ2) is 10.6. The summed E-state index contributed by atoms with van der Waals surface area (Å²) >= 11 is 1.37. The minimum Gasteiger partial charge on any atom is -0.341 e. The highest BCUT2D eigenvalue weighted by Crippen LogP contribution is 2.26. The maximum absolute atomic E-state index is 13.2. The number of fused-ring (bicyclic) bond motifs is 1. The van der Waals surface area contributed by atoms with Gasteiger partial charge in [-0.25, -0.2) is 4.98 Å². The molecule has 2 atom stereocenters. The second-order valence-corrected chi connectivity index (χ2v) is 10.8. The SMILES string of the molecule is CC1CC(C)CN(C(=O)Cn2c(SCC(=O)Nc3ccc(C(C)C)cc3)nc3ccccc32)C1. The zero-order valence-corrected chi connectivity index (χ0v) is 21.3. The van der Waals surface area contributed by atoms with Crippen molar-refractivity contribution in [3.63, 3.8) is 0 Å². The van der Waals surface area contributed by atoms with Gasteiger partial charge in [0.05, 0.1) is 16.8 Å². The zero-order chi connectivity index (χ0) is 24.2. The van der Waals surface area contributed by atoms with Gasteiger partial charge in [0, 0.05) is 18.8 Å². The van der Waals surface area contributed by atoms with Crippen LogP contribution in [0.1, 0.15) is 45.6 Å². The molecular formula is C27H34N4O2S. The molecule has 3 aromatic rings. The molecule has 1 fully saturated rings. The fourth-order valence-corrected chi connectivity index (χ4v) is 5.51. The van der Waals surface area contributed by atoms with Gasteiger partial charge in [0.2, 0.25) is 11.8 Å². The Bertz CT molecular complexity index is 1150. The van der Waals surface area contributed by atoms with Crippen molar-refractivity contribution in [1.29, 1.82) is 0 Å². The normalized spacial score (nSPS) is 18.4. The number of para-hydroxylation sites is 2. The molecule has 0 bridgehead atoms. The first-order valence-electron chi connectivity index (χ1n) is 12.1. The number of benzene rings is 2. The van der Waals surface area contributed by atoms with E-state index in [1.807, 2.05) is 58.0 Å². The van der Waals surface area contributed by atoms with Crippen LogP contribution in [0.25, 0.3) is 11.0 Å². The molecule has 2 aromatic carbocycles. The molecule has 1 N–H and O–H groups in total. The van der Waals surface area contributed by atoms with Crippen molar-refractivity contribution in [2.75, 3.05) is 24.2 Å². The predicted octanol–water partition coefficient (Wildman–Crippen LogP) is 5.40. The van der Waals surface area contributed by atoms with Gasteiger partial charge < -0.3 is 14.8 Å². The van der Waals surface area contributed by atoms with Crippen LogP contribution in [0.15, 0.2) is 53.7 Å². The number of imidazole rings is 1. The first kappa shape index (κ1) is 24.3. The van der Waals surface area contributed by atoms with Crippen molar-refractivity contribution < 1.29 is 9.59 Å². The van der Waals surface area contributed by atoms with Crippen LogP contribution in [0.4, 0.5) is 5.69 Å². The maximum atomic E-state index is 13.2. The fraction of sp³-hybridized carbons (Fsp3) is 0.444. The van der Waals surface area contributed by atoms with Crippen molar-refractivity contribution in [1.82, 2.24) is 14.5 Å². The molecule has 1 aliphatic heterocycles. The third-order valence-electron chi connectivity index (χ3n) is 6.33. The lowest BCUT2D eigenvalue weighted by Gasteiger charge is -2.35. The van der Waals surface area contributed by atoms with Gasteiger partial charge >= 0.3 is 0 Å². The van der Waals surface area contributed by atoms with Crippen LogP contribution in [0, 0.1) is 11.8 Å². The number of carbonyl (C=O) groups is 2. The molecule has 34 heavy (non-hydrogen) atoms. The van der Waals surface area contributed by atoms with Crippen LogP contribution in [0.2, 0.25) is 0 Å². The highest BCUT2D eigenvalue weighted by Gasteiger charge is 2.26. The van der Waals surface area contributed by atoms with Crippen molar-refractivity contribution in [3.8, 4) is 0 Å². The summed E-state index contributed by atoms with van der Waals surface area (Å²) in [5, 5.41) is 3.65. The molecule has 6 nitrogen and oxygen atoms in total. The number of aromatic nitrogens is 2. The van der Waals surface area contributed by atoms with Gasteiger partial charge in [-0.2, -0.15) is 0 Å². The van der Waals surface area contributed by atoms with E-state index in [-0.39, 0.29) is 24.1 Å². The molecule has 4 rings (SSSR count). The summed E-state index contributed by atoms with van der Waals surface area (Å²) in [6, 6.07) is 15.8. The molecule has 2 amide bonds. The monoisotopic (exact) mass is 478 g/mol. The number of amides is 2. The Morgan fingerprint density at radius 2 is 1.74 bits per heavy atom. The second-order valence-electron chi connectivity index (χ2n) is 9.83. The lowest BCUT2D eigenvalue weighted by molar-refractivity contribution is -0.134. The third-order valence-corrected chi connectivity index (χ3v) is 7.30. The number of hydrogen-bond donors (Lipinski definition) is 1. The van der Waals surface area contributed by atoms with Gasteiger partial charge in [0.25, 0.3) is 0 Å². The number of rotatable bonds is 7. The molecule has 180 valence electrons. The Labute approximate surface area is 206 Å². The minimum atomic E-state index is -0.0918. The van der Waals surface area contributed by atoms with E-state index in [9.17, 15) is 9.59 Å². The summed E-state index contributed by atoms with van der Waals surface area (Å²) in [4.78, 5) is 32.5. The van der Waals surface area contributed by atoms with E-state index >= 15 is 0 Å². The summed E-state index contributed by atoms with van der Waals surface area (Å²) < 4.78 is 1.96.